The Morgan fingerprint density at radius 2 is 2.21 bits per heavy atom. The lowest BCUT2D eigenvalue weighted by molar-refractivity contribution is 0.399. The molecule has 0 saturated heterocycles. The second kappa shape index (κ2) is 6.36. The molecule has 3 N–H and O–H groups in total. The van der Waals surface area contributed by atoms with Crippen molar-refractivity contribution in [1.82, 2.24) is 15.2 Å². The van der Waals surface area contributed by atoms with Crippen molar-refractivity contribution >= 4 is 22.6 Å². The van der Waals surface area contributed by atoms with Crippen LogP contribution in [0.15, 0.2) is 30.5 Å². The van der Waals surface area contributed by atoms with Gasteiger partial charge in [-0.1, -0.05) is 18.2 Å². The van der Waals surface area contributed by atoms with Crippen LogP contribution in [0.1, 0.15) is 24.2 Å². The first-order chi connectivity index (χ1) is 9.22. The van der Waals surface area contributed by atoms with Gasteiger partial charge in [0.05, 0.1) is 19.3 Å². The number of nitrogens with zero attached hydrogens (tertiary/aromatic N) is 2. The van der Waals surface area contributed by atoms with Crippen molar-refractivity contribution in [3.8, 4) is 5.75 Å². The number of aryl methyl sites for hydroxylation is 1. The maximum Gasteiger partial charge on any atom is 0.161 e. The number of rotatable bonds is 5. The molecule has 0 bridgehead atoms. The highest BCUT2D eigenvalue weighted by Crippen LogP contribution is 2.31. The quantitative estimate of drug-likeness (QED) is 0.479. The Kier molecular flexibility index (Phi) is 4.78. The molecule has 1 aromatic heterocycles. The highest BCUT2D eigenvalue weighted by Gasteiger charge is 2.23. The standard InChI is InChI=1S/C13H17IN4O/c1-3-18-13(11(19-2)8-16-18)12(17-15)9-6-4-5-7-10(9)14/h4-8,12,17H,3,15H2,1-2H3. The van der Waals surface area contributed by atoms with Crippen LogP contribution in [0.25, 0.3) is 0 Å². The number of nitrogens with two attached hydrogens (primary N) is 1. The highest BCUT2D eigenvalue weighted by molar-refractivity contribution is 14.1. The molecule has 1 heterocycles. The van der Waals surface area contributed by atoms with Gasteiger partial charge >= 0.3 is 0 Å². The first-order valence-corrected chi connectivity index (χ1v) is 7.11. The van der Waals surface area contributed by atoms with Crippen LogP contribution >= 0.6 is 22.6 Å². The van der Waals surface area contributed by atoms with E-state index >= 15 is 0 Å². The Morgan fingerprint density at radius 1 is 1.47 bits per heavy atom. The van der Waals surface area contributed by atoms with E-state index in [4.69, 9.17) is 10.6 Å². The van der Waals surface area contributed by atoms with Crippen LogP contribution in [0.3, 0.4) is 0 Å². The number of hydrogen-bond acceptors (Lipinski definition) is 4. The molecule has 5 nitrogen and oxygen atoms in total. The first kappa shape index (κ1) is 14.3. The van der Waals surface area contributed by atoms with E-state index in [0.29, 0.717) is 0 Å². The van der Waals surface area contributed by atoms with Crippen molar-refractivity contribution in [1.29, 1.82) is 0 Å². The zero-order valence-electron chi connectivity index (χ0n) is 10.9. The monoisotopic (exact) mass is 372 g/mol. The van der Waals surface area contributed by atoms with Crippen LogP contribution in [-0.2, 0) is 6.54 Å². The molecule has 0 aliphatic heterocycles. The number of hydrazine groups is 1. The fourth-order valence-corrected chi connectivity index (χ4v) is 2.80. The Balaban J connectivity index is 2.54. The van der Waals surface area contributed by atoms with E-state index in [1.54, 1.807) is 13.3 Å². The van der Waals surface area contributed by atoms with Crippen LogP contribution in [0.5, 0.6) is 5.75 Å². The Hall–Kier alpha value is -1.12. The van der Waals surface area contributed by atoms with Crippen LogP contribution in [-0.4, -0.2) is 16.9 Å². The minimum Gasteiger partial charge on any atom is -0.493 e. The summed E-state index contributed by atoms with van der Waals surface area (Å²) in [6.45, 7) is 2.81. The molecule has 2 aromatic rings. The average Bonchev–Trinajstić information content (AvgIpc) is 2.85. The molecule has 0 saturated carbocycles. The van der Waals surface area contributed by atoms with Gasteiger partial charge < -0.3 is 4.74 Å². The molecule has 0 radical (unpaired) electrons. The van der Waals surface area contributed by atoms with Crippen LogP contribution in [0, 0.1) is 3.57 Å². The van der Waals surface area contributed by atoms with Gasteiger partial charge in [0.25, 0.3) is 0 Å². The van der Waals surface area contributed by atoms with Crippen LogP contribution in [0.2, 0.25) is 0 Å². The minimum atomic E-state index is -0.148. The van der Waals surface area contributed by atoms with Crippen LogP contribution in [0.4, 0.5) is 0 Å². The van der Waals surface area contributed by atoms with E-state index in [1.807, 2.05) is 23.7 Å². The summed E-state index contributed by atoms with van der Waals surface area (Å²) in [5, 5.41) is 4.32. The van der Waals surface area contributed by atoms with Gasteiger partial charge in [-0.15, -0.1) is 0 Å². The summed E-state index contributed by atoms with van der Waals surface area (Å²) in [6.07, 6.45) is 1.72. The summed E-state index contributed by atoms with van der Waals surface area (Å²) < 4.78 is 8.43. The van der Waals surface area contributed by atoms with Gasteiger partial charge in [0.1, 0.15) is 5.69 Å². The predicted octanol–water partition coefficient (Wildman–Crippen LogP) is 2.07. The lowest BCUT2D eigenvalue weighted by Gasteiger charge is -2.20. The number of nitrogens with one attached hydrogen (secondary N) is 1. The number of halogens is 1. The predicted molar refractivity (Wildman–Crippen MR) is 82.8 cm³/mol. The van der Waals surface area contributed by atoms with E-state index in [2.05, 4.69) is 45.2 Å². The summed E-state index contributed by atoms with van der Waals surface area (Å²) in [5.41, 5.74) is 4.92. The second-order valence-electron chi connectivity index (χ2n) is 4.04. The molecule has 0 amide bonds. The summed E-state index contributed by atoms with van der Waals surface area (Å²) in [7, 11) is 1.64. The van der Waals surface area contributed by atoms with Gasteiger partial charge in [0.15, 0.2) is 5.75 Å². The topological polar surface area (TPSA) is 65.1 Å². The fraction of sp³-hybridized carbons (Fsp3) is 0.308. The molecule has 1 aromatic carbocycles. The first-order valence-electron chi connectivity index (χ1n) is 6.03. The zero-order valence-corrected chi connectivity index (χ0v) is 13.1. The van der Waals surface area contributed by atoms with Crippen molar-refractivity contribution in [2.45, 2.75) is 19.5 Å². The molecule has 2 rings (SSSR count). The number of aromatic nitrogens is 2. The highest BCUT2D eigenvalue weighted by atomic mass is 127. The van der Waals surface area contributed by atoms with E-state index in [9.17, 15) is 0 Å². The molecule has 1 unspecified atom stereocenters. The van der Waals surface area contributed by atoms with Crippen molar-refractivity contribution in [2.24, 2.45) is 5.84 Å². The second-order valence-corrected chi connectivity index (χ2v) is 5.20. The molecular weight excluding hydrogens is 355 g/mol. The summed E-state index contributed by atoms with van der Waals surface area (Å²) in [5.74, 6) is 6.50. The average molecular weight is 372 g/mol. The lowest BCUT2D eigenvalue weighted by atomic mass is 10.0. The largest absolute Gasteiger partial charge is 0.493 e. The van der Waals surface area contributed by atoms with Gasteiger partial charge in [-0.2, -0.15) is 5.10 Å². The Morgan fingerprint density at radius 3 is 2.79 bits per heavy atom. The third-order valence-electron chi connectivity index (χ3n) is 3.02. The maximum atomic E-state index is 5.76. The molecule has 0 spiro atoms. The molecule has 0 aliphatic carbocycles. The van der Waals surface area contributed by atoms with E-state index < -0.39 is 0 Å². The zero-order chi connectivity index (χ0) is 13.8. The van der Waals surface area contributed by atoms with Gasteiger partial charge in [-0.3, -0.25) is 10.5 Å². The molecule has 6 heteroatoms. The fourth-order valence-electron chi connectivity index (χ4n) is 2.10. The van der Waals surface area contributed by atoms with Crippen molar-refractivity contribution in [3.05, 3.63) is 45.3 Å². The normalized spacial score (nSPS) is 12.4. The van der Waals surface area contributed by atoms with Gasteiger partial charge in [-0.25, -0.2) is 5.43 Å². The van der Waals surface area contributed by atoms with E-state index in [1.165, 1.54) is 0 Å². The summed E-state index contributed by atoms with van der Waals surface area (Å²) in [6, 6.07) is 7.97. The number of benzene rings is 1. The van der Waals surface area contributed by atoms with E-state index in [-0.39, 0.29) is 6.04 Å². The van der Waals surface area contributed by atoms with Gasteiger partial charge in [-0.05, 0) is 41.1 Å². The maximum absolute atomic E-state index is 5.76. The van der Waals surface area contributed by atoms with E-state index in [0.717, 1.165) is 27.1 Å². The number of methoxy groups -OCH3 is 1. The molecule has 1 atom stereocenters. The number of ether oxygens (including phenoxy) is 1. The summed E-state index contributed by atoms with van der Waals surface area (Å²) >= 11 is 2.31. The molecule has 0 fully saturated rings. The molecule has 102 valence electrons. The Bertz CT molecular complexity index is 534. The molecule has 19 heavy (non-hydrogen) atoms. The lowest BCUT2D eigenvalue weighted by Crippen LogP contribution is -2.31. The number of hydrogen-bond donors (Lipinski definition) is 2. The van der Waals surface area contributed by atoms with Crippen LogP contribution < -0.4 is 16.0 Å². The van der Waals surface area contributed by atoms with Crippen molar-refractivity contribution in [2.75, 3.05) is 7.11 Å². The van der Waals surface area contributed by atoms with Crippen molar-refractivity contribution < 1.29 is 4.74 Å². The van der Waals surface area contributed by atoms with Gasteiger partial charge in [0.2, 0.25) is 0 Å². The van der Waals surface area contributed by atoms with Crippen molar-refractivity contribution in [3.63, 3.8) is 0 Å². The third-order valence-corrected chi connectivity index (χ3v) is 4.00. The van der Waals surface area contributed by atoms with Gasteiger partial charge in [0, 0.05) is 10.1 Å². The summed E-state index contributed by atoms with van der Waals surface area (Å²) in [4.78, 5) is 0. The SMILES string of the molecule is CCn1ncc(OC)c1C(NN)c1ccccc1I. The molecular formula is C13H17IN4O. The molecule has 0 aliphatic rings. The smallest absolute Gasteiger partial charge is 0.161 e. The minimum absolute atomic E-state index is 0.148. The third kappa shape index (κ3) is 2.75. The Labute approximate surface area is 126 Å².